The van der Waals surface area contributed by atoms with E-state index in [4.69, 9.17) is 0 Å². The Bertz CT molecular complexity index is 955. The summed E-state index contributed by atoms with van der Waals surface area (Å²) in [4.78, 5) is 0. The third-order valence-electron chi connectivity index (χ3n) is 5.46. The van der Waals surface area contributed by atoms with Gasteiger partial charge in [0.2, 0.25) is 0 Å². The van der Waals surface area contributed by atoms with Crippen molar-refractivity contribution in [3.8, 4) is 0 Å². The summed E-state index contributed by atoms with van der Waals surface area (Å²) >= 11 is 0. The topological polar surface area (TPSA) is 41.9 Å². The number of nitrogens with zero attached hydrogens (tertiary/aromatic N) is 2. The van der Waals surface area contributed by atoms with Gasteiger partial charge in [0, 0.05) is 18.8 Å². The van der Waals surface area contributed by atoms with Gasteiger partial charge in [-0.25, -0.2) is 4.68 Å². The third-order valence-corrected chi connectivity index (χ3v) is 5.46. The molecule has 2 N–H and O–H groups in total. The summed E-state index contributed by atoms with van der Waals surface area (Å²) in [6.07, 6.45) is 10.6. The average Bonchev–Trinajstić information content (AvgIpc) is 3.05. The van der Waals surface area contributed by atoms with Crippen molar-refractivity contribution >= 4 is 5.82 Å². The van der Waals surface area contributed by atoms with E-state index in [2.05, 4.69) is 85.6 Å². The van der Waals surface area contributed by atoms with Gasteiger partial charge >= 0.3 is 0 Å². The lowest BCUT2D eigenvalue weighted by atomic mass is 9.93. The highest BCUT2D eigenvalue weighted by Crippen LogP contribution is 2.26. The molecule has 0 spiro atoms. The van der Waals surface area contributed by atoms with Crippen molar-refractivity contribution in [2.24, 2.45) is 0 Å². The molecular weight excluding hydrogens is 356 g/mol. The lowest BCUT2D eigenvalue weighted by Gasteiger charge is -2.17. The van der Waals surface area contributed by atoms with E-state index < -0.39 is 0 Å². The number of aryl methyl sites for hydroxylation is 1. The van der Waals surface area contributed by atoms with Crippen LogP contribution in [0.5, 0.6) is 0 Å². The first-order valence-corrected chi connectivity index (χ1v) is 10.2. The fourth-order valence-corrected chi connectivity index (χ4v) is 3.54. The highest BCUT2D eigenvalue weighted by molar-refractivity contribution is 5.56. The molecule has 0 atom stereocenters. The molecule has 0 radical (unpaired) electrons. The van der Waals surface area contributed by atoms with E-state index in [0.717, 1.165) is 43.0 Å². The van der Waals surface area contributed by atoms with Gasteiger partial charge in [-0.05, 0) is 80.1 Å². The Kier molecular flexibility index (Phi) is 6.89. The van der Waals surface area contributed by atoms with Gasteiger partial charge in [0.15, 0.2) is 0 Å². The maximum absolute atomic E-state index is 4.59. The summed E-state index contributed by atoms with van der Waals surface area (Å²) in [5.74, 6) is 0.953. The summed E-state index contributed by atoms with van der Waals surface area (Å²) in [6, 6.07) is 8.68. The minimum Gasteiger partial charge on any atom is -0.366 e. The molecular formula is C25H32N4. The van der Waals surface area contributed by atoms with E-state index in [-0.39, 0.29) is 0 Å². The quantitative estimate of drug-likeness (QED) is 0.623. The first kappa shape index (κ1) is 20.9. The van der Waals surface area contributed by atoms with Crippen LogP contribution in [0.4, 0.5) is 0 Å². The van der Waals surface area contributed by atoms with Crippen molar-refractivity contribution in [1.82, 2.24) is 20.4 Å². The second kappa shape index (κ2) is 9.57. The van der Waals surface area contributed by atoms with Crippen molar-refractivity contribution in [2.45, 2.75) is 46.7 Å². The number of allylic oxidation sites excluding steroid dienone is 6. The summed E-state index contributed by atoms with van der Waals surface area (Å²) in [5, 5.41) is 11.4. The Balaban J connectivity index is 1.84. The van der Waals surface area contributed by atoms with E-state index in [9.17, 15) is 0 Å². The number of aromatic nitrogens is 2. The number of rotatable bonds is 8. The molecule has 4 nitrogen and oxygen atoms in total. The van der Waals surface area contributed by atoms with Gasteiger partial charge in [-0.3, -0.25) is 0 Å². The van der Waals surface area contributed by atoms with Crippen LogP contribution in [0.3, 0.4) is 0 Å². The van der Waals surface area contributed by atoms with Gasteiger partial charge in [0.05, 0.1) is 6.20 Å². The smallest absolute Gasteiger partial charge is 0.128 e. The number of benzene rings is 1. The van der Waals surface area contributed by atoms with Gasteiger partial charge in [0.1, 0.15) is 5.82 Å². The molecule has 2 aromatic rings. The Hall–Kier alpha value is -2.85. The second-order valence-electron chi connectivity index (χ2n) is 7.68. The van der Waals surface area contributed by atoms with Crippen molar-refractivity contribution in [3.05, 3.63) is 94.4 Å². The summed E-state index contributed by atoms with van der Waals surface area (Å²) in [7, 11) is 1.97. The van der Waals surface area contributed by atoms with Gasteiger partial charge in [-0.15, -0.1) is 0 Å². The van der Waals surface area contributed by atoms with Crippen LogP contribution in [0.15, 0.2) is 72.0 Å². The predicted molar refractivity (Wildman–Crippen MR) is 122 cm³/mol. The van der Waals surface area contributed by atoms with Crippen molar-refractivity contribution in [3.63, 3.8) is 0 Å². The fourth-order valence-electron chi connectivity index (χ4n) is 3.54. The summed E-state index contributed by atoms with van der Waals surface area (Å²) < 4.78 is 1.98. The Morgan fingerprint density at radius 3 is 2.41 bits per heavy atom. The molecule has 0 fully saturated rings. The number of hydrogen-bond donors (Lipinski definition) is 2. The lowest BCUT2D eigenvalue weighted by molar-refractivity contribution is 0.753. The standard InChI is InChI=1S/C25H32N4/c1-18-8-6-7-9-24(18)19(2)14-25(29-21(4)20(3)15-28-29)27-17-23-12-10-22(11-13-23)16-26-5/h6,8,10-15,26-27H,2,7,9,16-17H2,1,3-5H3/b25-14-. The SMILES string of the molecule is C=C(/C=C(/NCc1ccc(CNC)cc1)n1ncc(C)c1C)C1=C(C)C=CCC1. The highest BCUT2D eigenvalue weighted by Gasteiger charge is 2.12. The largest absolute Gasteiger partial charge is 0.366 e. The molecule has 1 aromatic heterocycles. The Labute approximate surface area is 174 Å². The predicted octanol–water partition coefficient (Wildman–Crippen LogP) is 5.03. The van der Waals surface area contributed by atoms with Crippen molar-refractivity contribution in [1.29, 1.82) is 0 Å². The lowest BCUT2D eigenvalue weighted by Crippen LogP contribution is -2.19. The molecule has 0 aliphatic heterocycles. The van der Waals surface area contributed by atoms with Crippen molar-refractivity contribution < 1.29 is 0 Å². The zero-order chi connectivity index (χ0) is 20.8. The maximum Gasteiger partial charge on any atom is 0.128 e. The van der Waals surface area contributed by atoms with E-state index in [1.54, 1.807) is 0 Å². The van der Waals surface area contributed by atoms with Crippen LogP contribution in [-0.2, 0) is 13.1 Å². The normalized spacial score (nSPS) is 14.4. The first-order valence-electron chi connectivity index (χ1n) is 10.2. The van der Waals surface area contributed by atoms with Gasteiger partial charge in [-0.1, -0.05) is 43.0 Å². The van der Waals surface area contributed by atoms with Crippen LogP contribution < -0.4 is 10.6 Å². The monoisotopic (exact) mass is 388 g/mol. The minimum absolute atomic E-state index is 0.731. The summed E-state index contributed by atoms with van der Waals surface area (Å²) in [6.45, 7) is 12.3. The van der Waals surface area contributed by atoms with Crippen LogP contribution in [0.2, 0.25) is 0 Å². The molecule has 0 bridgehead atoms. The highest BCUT2D eigenvalue weighted by atomic mass is 15.3. The molecule has 152 valence electrons. The van der Waals surface area contributed by atoms with Crippen LogP contribution >= 0.6 is 0 Å². The van der Waals surface area contributed by atoms with Crippen LogP contribution in [0, 0.1) is 13.8 Å². The van der Waals surface area contributed by atoms with E-state index in [1.165, 1.54) is 27.8 Å². The van der Waals surface area contributed by atoms with E-state index >= 15 is 0 Å². The molecule has 0 saturated carbocycles. The maximum atomic E-state index is 4.59. The number of hydrogen-bond acceptors (Lipinski definition) is 3. The van der Waals surface area contributed by atoms with Gasteiger partial charge in [-0.2, -0.15) is 5.10 Å². The first-order chi connectivity index (χ1) is 14.0. The molecule has 29 heavy (non-hydrogen) atoms. The van der Waals surface area contributed by atoms with Crippen LogP contribution in [-0.4, -0.2) is 16.8 Å². The van der Waals surface area contributed by atoms with Crippen LogP contribution in [0.1, 0.15) is 42.1 Å². The molecule has 1 aromatic carbocycles. The average molecular weight is 389 g/mol. The Morgan fingerprint density at radius 1 is 1.14 bits per heavy atom. The van der Waals surface area contributed by atoms with Crippen LogP contribution in [0.25, 0.3) is 5.82 Å². The number of nitrogens with one attached hydrogen (secondary N) is 2. The van der Waals surface area contributed by atoms with Crippen molar-refractivity contribution in [2.75, 3.05) is 7.05 Å². The zero-order valence-electron chi connectivity index (χ0n) is 18.0. The molecule has 4 heteroatoms. The van der Waals surface area contributed by atoms with E-state index in [1.807, 2.05) is 17.9 Å². The zero-order valence-corrected chi connectivity index (χ0v) is 18.0. The van der Waals surface area contributed by atoms with E-state index in [0.29, 0.717) is 0 Å². The molecule has 3 rings (SSSR count). The molecule has 1 aliphatic rings. The fraction of sp³-hybridized carbons (Fsp3) is 0.320. The second-order valence-corrected chi connectivity index (χ2v) is 7.68. The minimum atomic E-state index is 0.731. The molecule has 1 heterocycles. The van der Waals surface area contributed by atoms with Gasteiger partial charge < -0.3 is 10.6 Å². The molecule has 0 unspecified atom stereocenters. The third kappa shape index (κ3) is 5.15. The molecule has 1 aliphatic carbocycles. The Morgan fingerprint density at radius 2 is 1.83 bits per heavy atom. The molecule has 0 amide bonds. The van der Waals surface area contributed by atoms with Gasteiger partial charge in [0.25, 0.3) is 0 Å². The summed E-state index contributed by atoms with van der Waals surface area (Å²) in [5.41, 5.74) is 8.50. The molecule has 0 saturated heterocycles.